The Kier molecular flexibility index (Phi) is 5.32. The van der Waals surface area contributed by atoms with E-state index in [9.17, 15) is 5.21 Å². The zero-order valence-electron chi connectivity index (χ0n) is 14.4. The molecular weight excluding hydrogens is 282 g/mol. The molecule has 1 N–H and O–H groups in total. The first-order valence-electron chi connectivity index (χ1n) is 7.48. The van der Waals surface area contributed by atoms with E-state index in [1.54, 1.807) is 0 Å². The van der Waals surface area contributed by atoms with Crippen molar-refractivity contribution in [3.63, 3.8) is 0 Å². The van der Waals surface area contributed by atoms with Gasteiger partial charge in [0.15, 0.2) is 8.32 Å². The molecule has 3 nitrogen and oxygen atoms in total. The van der Waals surface area contributed by atoms with Crippen molar-refractivity contribution in [3.05, 3.63) is 0 Å². The van der Waals surface area contributed by atoms with Crippen molar-refractivity contribution in [2.24, 2.45) is 0 Å². The first-order valence-corrected chi connectivity index (χ1v) is 13.9. The molecule has 20 heavy (non-hydrogen) atoms. The SMILES string of the molecule is CC(C)(C)[Si](C)(C)O[C@@H]1C[C@H](C#C[Si](C)(C)C)N(O)C1. The van der Waals surface area contributed by atoms with Gasteiger partial charge in [-0.3, -0.25) is 0 Å². The molecule has 1 heterocycles. The quantitative estimate of drug-likeness (QED) is 0.623. The number of hydrogen-bond acceptors (Lipinski definition) is 3. The van der Waals surface area contributed by atoms with Gasteiger partial charge in [0, 0.05) is 6.42 Å². The highest BCUT2D eigenvalue weighted by Crippen LogP contribution is 2.38. The fourth-order valence-electron chi connectivity index (χ4n) is 1.89. The second-order valence-corrected chi connectivity index (χ2v) is 17.9. The van der Waals surface area contributed by atoms with Crippen LogP contribution in [-0.2, 0) is 4.43 Å². The van der Waals surface area contributed by atoms with Crippen LogP contribution in [0.4, 0.5) is 0 Å². The van der Waals surface area contributed by atoms with Gasteiger partial charge in [0.1, 0.15) is 8.07 Å². The molecule has 1 aliphatic heterocycles. The zero-order valence-corrected chi connectivity index (χ0v) is 16.4. The van der Waals surface area contributed by atoms with Gasteiger partial charge in [-0.25, -0.2) is 0 Å². The van der Waals surface area contributed by atoms with E-state index in [0.717, 1.165) is 6.42 Å². The summed E-state index contributed by atoms with van der Waals surface area (Å²) in [6, 6.07) is -0.0588. The molecule has 1 rings (SSSR count). The van der Waals surface area contributed by atoms with Gasteiger partial charge in [-0.15, -0.1) is 5.54 Å². The molecule has 0 amide bonds. The fraction of sp³-hybridized carbons (Fsp3) is 0.867. The van der Waals surface area contributed by atoms with Gasteiger partial charge >= 0.3 is 0 Å². The monoisotopic (exact) mass is 313 g/mol. The average Bonchev–Trinajstić information content (AvgIpc) is 2.52. The standard InChI is InChI=1S/C15H31NO2Si2/c1-15(2,3)20(7,8)18-14-11-13(16(17)12-14)9-10-19(4,5)6/h13-14,17H,11-12H2,1-8H3/t13-,14+/m0/s1. The Bertz CT molecular complexity index is 399. The van der Waals surface area contributed by atoms with E-state index in [4.69, 9.17) is 4.43 Å². The van der Waals surface area contributed by atoms with E-state index >= 15 is 0 Å². The lowest BCUT2D eigenvalue weighted by atomic mass is 10.2. The lowest BCUT2D eigenvalue weighted by Crippen LogP contribution is -2.44. The topological polar surface area (TPSA) is 32.7 Å². The van der Waals surface area contributed by atoms with Gasteiger partial charge in [-0.1, -0.05) is 46.3 Å². The van der Waals surface area contributed by atoms with Crippen LogP contribution in [0.2, 0.25) is 37.8 Å². The summed E-state index contributed by atoms with van der Waals surface area (Å²) in [4.78, 5) is 0. The molecular formula is C15H31NO2Si2. The van der Waals surface area contributed by atoms with Crippen molar-refractivity contribution >= 4 is 16.4 Å². The molecule has 0 radical (unpaired) electrons. The van der Waals surface area contributed by atoms with Crippen LogP contribution in [0, 0.1) is 11.5 Å². The van der Waals surface area contributed by atoms with E-state index < -0.39 is 16.4 Å². The molecule has 0 spiro atoms. The summed E-state index contributed by atoms with van der Waals surface area (Å²) in [6.45, 7) is 18.5. The molecule has 0 aliphatic carbocycles. The van der Waals surface area contributed by atoms with Crippen molar-refractivity contribution < 1.29 is 9.63 Å². The highest BCUT2D eigenvalue weighted by atomic mass is 28.4. The smallest absolute Gasteiger partial charge is 0.192 e. The Balaban J connectivity index is 2.68. The summed E-state index contributed by atoms with van der Waals surface area (Å²) < 4.78 is 6.38. The predicted octanol–water partition coefficient (Wildman–Crippen LogP) is 3.72. The highest BCUT2D eigenvalue weighted by molar-refractivity contribution is 6.83. The lowest BCUT2D eigenvalue weighted by Gasteiger charge is -2.38. The maximum Gasteiger partial charge on any atom is 0.192 e. The first kappa shape index (κ1) is 17.9. The molecule has 5 heteroatoms. The number of hydrogen-bond donors (Lipinski definition) is 1. The van der Waals surface area contributed by atoms with Crippen molar-refractivity contribution in [1.82, 2.24) is 5.06 Å². The minimum absolute atomic E-state index is 0.0588. The van der Waals surface area contributed by atoms with Crippen LogP contribution in [0.5, 0.6) is 0 Å². The van der Waals surface area contributed by atoms with Crippen molar-refractivity contribution in [3.8, 4) is 11.5 Å². The number of nitrogens with zero attached hydrogens (tertiary/aromatic N) is 1. The van der Waals surface area contributed by atoms with E-state index in [2.05, 4.69) is 65.0 Å². The maximum absolute atomic E-state index is 10.0. The summed E-state index contributed by atoms with van der Waals surface area (Å²) in [5.41, 5.74) is 3.35. The largest absolute Gasteiger partial charge is 0.412 e. The minimum Gasteiger partial charge on any atom is -0.412 e. The summed E-state index contributed by atoms with van der Waals surface area (Å²) in [5.74, 6) is 3.25. The molecule has 0 saturated carbocycles. The fourth-order valence-corrected chi connectivity index (χ4v) is 3.85. The average molecular weight is 314 g/mol. The van der Waals surface area contributed by atoms with Gasteiger partial charge in [-0.2, -0.15) is 5.06 Å². The Morgan fingerprint density at radius 1 is 1.15 bits per heavy atom. The van der Waals surface area contributed by atoms with E-state index in [1.165, 1.54) is 5.06 Å². The Morgan fingerprint density at radius 2 is 1.70 bits per heavy atom. The Labute approximate surface area is 126 Å². The summed E-state index contributed by atoms with van der Waals surface area (Å²) in [7, 11) is -3.15. The zero-order chi connectivity index (χ0) is 15.8. The normalized spacial score (nSPS) is 25.4. The van der Waals surface area contributed by atoms with Crippen LogP contribution in [0.25, 0.3) is 0 Å². The molecule has 0 aromatic rings. The molecule has 1 aliphatic rings. The van der Waals surface area contributed by atoms with Crippen LogP contribution in [0.1, 0.15) is 27.2 Å². The van der Waals surface area contributed by atoms with Crippen LogP contribution in [0.15, 0.2) is 0 Å². The minimum atomic E-state index is -1.77. The summed E-state index contributed by atoms with van der Waals surface area (Å²) >= 11 is 0. The molecule has 2 atom stereocenters. The van der Waals surface area contributed by atoms with Crippen molar-refractivity contribution in [2.75, 3.05) is 6.54 Å². The Morgan fingerprint density at radius 3 is 2.15 bits per heavy atom. The third kappa shape index (κ3) is 5.01. The second-order valence-electron chi connectivity index (χ2n) is 8.39. The predicted molar refractivity (Wildman–Crippen MR) is 90.1 cm³/mol. The van der Waals surface area contributed by atoms with Gasteiger partial charge < -0.3 is 9.63 Å². The molecule has 0 aromatic carbocycles. The molecule has 0 aromatic heterocycles. The molecule has 0 unspecified atom stereocenters. The van der Waals surface area contributed by atoms with Gasteiger partial charge in [0.25, 0.3) is 0 Å². The summed E-state index contributed by atoms with van der Waals surface area (Å²) in [5, 5.41) is 11.6. The molecule has 116 valence electrons. The van der Waals surface area contributed by atoms with E-state index in [1.807, 2.05) is 0 Å². The third-order valence-electron chi connectivity index (χ3n) is 4.12. The van der Waals surface area contributed by atoms with Crippen molar-refractivity contribution in [2.45, 2.75) is 77.1 Å². The summed E-state index contributed by atoms with van der Waals surface area (Å²) in [6.07, 6.45) is 0.933. The van der Waals surface area contributed by atoms with Gasteiger partial charge in [0.05, 0.1) is 18.7 Å². The van der Waals surface area contributed by atoms with Crippen LogP contribution in [0.3, 0.4) is 0 Å². The second kappa shape index (κ2) is 5.94. The van der Waals surface area contributed by atoms with Crippen LogP contribution in [-0.4, -0.2) is 45.4 Å². The van der Waals surface area contributed by atoms with Gasteiger partial charge in [-0.05, 0) is 18.1 Å². The van der Waals surface area contributed by atoms with Crippen LogP contribution < -0.4 is 0 Å². The molecule has 1 fully saturated rings. The highest BCUT2D eigenvalue weighted by Gasteiger charge is 2.42. The Hall–Kier alpha value is -0.126. The number of hydroxylamine groups is 2. The molecule has 1 saturated heterocycles. The first-order chi connectivity index (χ1) is 8.82. The van der Waals surface area contributed by atoms with Gasteiger partial charge in [0.2, 0.25) is 0 Å². The number of rotatable bonds is 2. The third-order valence-corrected chi connectivity index (χ3v) is 9.55. The van der Waals surface area contributed by atoms with E-state index in [-0.39, 0.29) is 17.2 Å². The maximum atomic E-state index is 10.0. The van der Waals surface area contributed by atoms with E-state index in [0.29, 0.717) is 6.54 Å². The van der Waals surface area contributed by atoms with Crippen LogP contribution >= 0.6 is 0 Å². The lowest BCUT2D eigenvalue weighted by molar-refractivity contribution is -0.0921. The molecule has 0 bridgehead atoms. The van der Waals surface area contributed by atoms with Crippen molar-refractivity contribution in [1.29, 1.82) is 0 Å².